The van der Waals surface area contributed by atoms with E-state index < -0.39 is 0 Å². The molecule has 3 unspecified atom stereocenters. The molecule has 2 bridgehead atoms. The predicted molar refractivity (Wildman–Crippen MR) is 92.4 cm³/mol. The average molecular weight is 316 g/mol. The molecule has 2 aromatic heterocycles. The molecule has 3 atom stereocenters. The Balaban J connectivity index is 1.82. The van der Waals surface area contributed by atoms with Gasteiger partial charge in [-0.05, 0) is 12.5 Å². The summed E-state index contributed by atoms with van der Waals surface area (Å²) in [5.74, 6) is 2.30. The number of aromatic nitrogens is 3. The number of rotatable bonds is 4. The highest BCUT2D eigenvalue weighted by Crippen LogP contribution is 2.41. The highest BCUT2D eigenvalue weighted by Gasteiger charge is 2.49. The van der Waals surface area contributed by atoms with Crippen LogP contribution in [0.3, 0.4) is 0 Å². The van der Waals surface area contributed by atoms with Crippen LogP contribution >= 0.6 is 0 Å². The van der Waals surface area contributed by atoms with Crippen molar-refractivity contribution in [2.45, 2.75) is 32.3 Å². The second kappa shape index (κ2) is 5.46. The van der Waals surface area contributed by atoms with Crippen molar-refractivity contribution < 1.29 is 5.11 Å². The normalized spacial score (nSPS) is 30.0. The number of hydrogen-bond donors (Lipinski definition) is 2. The first-order valence-electron chi connectivity index (χ1n) is 8.74. The molecule has 6 nitrogen and oxygen atoms in total. The van der Waals surface area contributed by atoms with Crippen molar-refractivity contribution >= 4 is 22.8 Å². The number of quaternary nitrogens is 1. The van der Waals surface area contributed by atoms with Gasteiger partial charge in [0.1, 0.15) is 5.39 Å². The summed E-state index contributed by atoms with van der Waals surface area (Å²) in [6.45, 7) is 6.10. The van der Waals surface area contributed by atoms with Gasteiger partial charge in [0.05, 0.1) is 25.7 Å². The molecule has 0 radical (unpaired) electrons. The molecule has 4 rings (SSSR count). The molecule has 2 N–H and O–H groups in total. The van der Waals surface area contributed by atoms with E-state index in [1.54, 1.807) is 0 Å². The molecule has 23 heavy (non-hydrogen) atoms. The SMILES string of the molecule is CCCNc1nc([N+]23CCC(O)C(CC2)C3)c2ccn(C)c2n1. The Labute approximate surface area is 136 Å². The van der Waals surface area contributed by atoms with Gasteiger partial charge in [0, 0.05) is 38.5 Å². The van der Waals surface area contributed by atoms with E-state index in [0.29, 0.717) is 5.92 Å². The minimum atomic E-state index is -0.130. The van der Waals surface area contributed by atoms with E-state index in [4.69, 9.17) is 9.97 Å². The molecule has 2 aromatic rings. The first-order chi connectivity index (χ1) is 11.1. The number of piperidine rings is 1. The molecule has 0 spiro atoms. The van der Waals surface area contributed by atoms with Crippen LogP contribution in [-0.2, 0) is 7.05 Å². The second-order valence-electron chi connectivity index (χ2n) is 7.14. The third-order valence-corrected chi connectivity index (χ3v) is 5.60. The fourth-order valence-corrected chi connectivity index (χ4v) is 4.27. The van der Waals surface area contributed by atoms with E-state index in [2.05, 4.69) is 29.1 Å². The Morgan fingerprint density at radius 1 is 1.35 bits per heavy atom. The van der Waals surface area contributed by atoms with Gasteiger partial charge in [-0.15, -0.1) is 0 Å². The summed E-state index contributed by atoms with van der Waals surface area (Å²) in [7, 11) is 2.04. The lowest BCUT2D eigenvalue weighted by molar-refractivity contribution is 0.0697. The van der Waals surface area contributed by atoms with Crippen LogP contribution < -0.4 is 9.80 Å². The van der Waals surface area contributed by atoms with Crippen molar-refractivity contribution in [2.24, 2.45) is 13.0 Å². The first kappa shape index (κ1) is 14.9. The molecule has 0 saturated carbocycles. The van der Waals surface area contributed by atoms with Crippen LogP contribution in [0, 0.1) is 5.92 Å². The molecule has 2 saturated heterocycles. The third kappa shape index (κ3) is 2.32. The van der Waals surface area contributed by atoms with E-state index in [9.17, 15) is 5.11 Å². The van der Waals surface area contributed by atoms with Crippen LogP contribution in [0.4, 0.5) is 11.8 Å². The topological polar surface area (TPSA) is 63.0 Å². The fourth-order valence-electron chi connectivity index (χ4n) is 4.27. The lowest BCUT2D eigenvalue weighted by Crippen LogP contribution is -2.53. The van der Waals surface area contributed by atoms with Crippen LogP contribution in [0.2, 0.25) is 0 Å². The number of aliphatic hydroxyl groups is 1. The third-order valence-electron chi connectivity index (χ3n) is 5.60. The van der Waals surface area contributed by atoms with E-state index >= 15 is 0 Å². The molecule has 124 valence electrons. The van der Waals surface area contributed by atoms with E-state index in [-0.39, 0.29) is 6.10 Å². The second-order valence-corrected chi connectivity index (χ2v) is 7.14. The average Bonchev–Trinajstić information content (AvgIpc) is 3.12. The van der Waals surface area contributed by atoms with Gasteiger partial charge in [0.25, 0.3) is 0 Å². The smallest absolute Gasteiger partial charge is 0.242 e. The molecule has 0 aliphatic carbocycles. The first-order valence-corrected chi connectivity index (χ1v) is 8.74. The van der Waals surface area contributed by atoms with Gasteiger partial charge in [-0.1, -0.05) is 6.92 Å². The maximum Gasteiger partial charge on any atom is 0.242 e. The summed E-state index contributed by atoms with van der Waals surface area (Å²) in [6, 6.07) is 2.14. The van der Waals surface area contributed by atoms with Crippen molar-refractivity contribution in [3.63, 3.8) is 0 Å². The minimum Gasteiger partial charge on any atom is -0.392 e. The maximum atomic E-state index is 10.2. The Morgan fingerprint density at radius 3 is 3.00 bits per heavy atom. The monoisotopic (exact) mass is 316 g/mol. The Bertz CT molecular complexity index is 727. The van der Waals surface area contributed by atoms with Gasteiger partial charge in [-0.3, -0.25) is 4.48 Å². The molecule has 2 aliphatic rings. The zero-order chi connectivity index (χ0) is 16.0. The Morgan fingerprint density at radius 2 is 2.17 bits per heavy atom. The largest absolute Gasteiger partial charge is 0.392 e. The number of anilines is 1. The molecule has 2 aliphatic heterocycles. The lowest BCUT2D eigenvalue weighted by atomic mass is 9.96. The maximum absolute atomic E-state index is 10.2. The van der Waals surface area contributed by atoms with Crippen molar-refractivity contribution in [3.05, 3.63) is 12.3 Å². The van der Waals surface area contributed by atoms with Crippen LogP contribution in [-0.4, -0.2) is 51.9 Å². The van der Waals surface area contributed by atoms with Gasteiger partial charge in [-0.25, -0.2) is 0 Å². The van der Waals surface area contributed by atoms with Crippen LogP contribution in [0.15, 0.2) is 12.3 Å². The summed E-state index contributed by atoms with van der Waals surface area (Å²) in [5, 5.41) is 14.7. The van der Waals surface area contributed by atoms with Crippen LogP contribution in [0.1, 0.15) is 26.2 Å². The molecule has 4 heterocycles. The summed E-state index contributed by atoms with van der Waals surface area (Å²) in [5.41, 5.74) is 0.996. The van der Waals surface area contributed by atoms with Gasteiger partial charge in [0.2, 0.25) is 11.8 Å². The molecule has 0 aromatic carbocycles. The quantitative estimate of drug-likeness (QED) is 0.846. The zero-order valence-corrected chi connectivity index (χ0v) is 14.0. The van der Waals surface area contributed by atoms with Crippen molar-refractivity contribution in [3.8, 4) is 0 Å². The number of nitrogens with zero attached hydrogens (tertiary/aromatic N) is 4. The standard InChI is InChI=1S/C17H26N5O/c1-3-7-18-17-19-15-13(4-8-21(15)2)16(20-17)22-9-5-12(11-22)14(23)6-10-22/h4,8,12,14,23H,3,5-7,9-11H2,1-2H3,(H,18,19,20)/q+1. The number of nitrogens with one attached hydrogen (secondary N) is 1. The Kier molecular flexibility index (Phi) is 3.54. The number of aryl methyl sites for hydroxylation is 1. The summed E-state index contributed by atoms with van der Waals surface area (Å²) < 4.78 is 2.98. The number of fused-ring (bicyclic) bond motifs is 3. The summed E-state index contributed by atoms with van der Waals surface area (Å²) >= 11 is 0. The van der Waals surface area contributed by atoms with Gasteiger partial charge >= 0.3 is 0 Å². The predicted octanol–water partition coefficient (Wildman–Crippen LogP) is 1.88. The van der Waals surface area contributed by atoms with Crippen molar-refractivity contribution in [1.29, 1.82) is 0 Å². The van der Waals surface area contributed by atoms with Crippen molar-refractivity contribution in [1.82, 2.24) is 19.0 Å². The van der Waals surface area contributed by atoms with Gasteiger partial charge in [-0.2, -0.15) is 9.97 Å². The molecular formula is C17H26N5O+. The van der Waals surface area contributed by atoms with Gasteiger partial charge in [0.15, 0.2) is 5.65 Å². The summed E-state index contributed by atoms with van der Waals surface area (Å²) in [4.78, 5) is 9.63. The molecule has 2 fully saturated rings. The van der Waals surface area contributed by atoms with Crippen LogP contribution in [0.25, 0.3) is 11.0 Å². The summed E-state index contributed by atoms with van der Waals surface area (Å²) in [6.07, 6.45) is 4.96. The van der Waals surface area contributed by atoms with Crippen molar-refractivity contribution in [2.75, 3.05) is 31.5 Å². The van der Waals surface area contributed by atoms with Gasteiger partial charge < -0.3 is 15.0 Å². The zero-order valence-electron chi connectivity index (χ0n) is 14.0. The van der Waals surface area contributed by atoms with E-state index in [1.165, 1.54) is 0 Å². The number of aliphatic hydroxyl groups excluding tert-OH is 1. The minimum absolute atomic E-state index is 0.130. The molecule has 6 heteroatoms. The van der Waals surface area contributed by atoms with E-state index in [1.807, 2.05) is 7.05 Å². The highest BCUT2D eigenvalue weighted by atomic mass is 16.3. The van der Waals surface area contributed by atoms with E-state index in [0.717, 1.165) is 72.7 Å². The number of hydrogen-bond acceptors (Lipinski definition) is 4. The highest BCUT2D eigenvalue weighted by molar-refractivity contribution is 5.88. The Hall–Kier alpha value is -1.66. The fraction of sp³-hybridized carbons (Fsp3) is 0.647. The molecular weight excluding hydrogens is 290 g/mol. The molecule has 0 amide bonds. The lowest BCUT2D eigenvalue weighted by Gasteiger charge is -2.37. The van der Waals surface area contributed by atoms with Crippen LogP contribution in [0.5, 0.6) is 0 Å².